The van der Waals surface area contributed by atoms with Crippen LogP contribution in [0.2, 0.25) is 0 Å². The highest BCUT2D eigenvalue weighted by atomic mass is 127. The molecule has 1 aliphatic heterocycles. The van der Waals surface area contributed by atoms with E-state index >= 15 is 0 Å². The summed E-state index contributed by atoms with van der Waals surface area (Å²) >= 11 is 0. The summed E-state index contributed by atoms with van der Waals surface area (Å²) in [5, 5.41) is 11.6. The van der Waals surface area contributed by atoms with Gasteiger partial charge in [-0.15, -0.1) is 24.0 Å². The number of nitrogens with one attached hydrogen (secondary N) is 2. The Balaban J connectivity index is 0.00000320. The minimum atomic E-state index is 0. The summed E-state index contributed by atoms with van der Waals surface area (Å²) in [7, 11) is 1.77. The number of halogens is 1. The van der Waals surface area contributed by atoms with Gasteiger partial charge in [0, 0.05) is 49.9 Å². The normalized spacial score (nSPS) is 16.5. The lowest BCUT2D eigenvalue weighted by molar-refractivity contribution is -0.133. The Morgan fingerprint density at radius 2 is 1.97 bits per heavy atom. The van der Waals surface area contributed by atoms with Crippen molar-refractivity contribution in [3.05, 3.63) is 47.3 Å². The molecular formula is C22H33IN6O. The third-order valence-corrected chi connectivity index (χ3v) is 5.43. The van der Waals surface area contributed by atoms with Gasteiger partial charge in [0.15, 0.2) is 5.96 Å². The molecule has 0 radical (unpaired) electrons. The molecule has 0 saturated carbocycles. The number of aryl methyl sites for hydroxylation is 1. The summed E-state index contributed by atoms with van der Waals surface area (Å²) in [4.78, 5) is 18.5. The van der Waals surface area contributed by atoms with E-state index in [1.54, 1.807) is 7.05 Å². The zero-order chi connectivity index (χ0) is 21.0. The van der Waals surface area contributed by atoms with Crippen molar-refractivity contribution in [2.75, 3.05) is 20.1 Å². The molecular weight excluding hydrogens is 491 g/mol. The molecule has 7 nitrogen and oxygen atoms in total. The summed E-state index contributed by atoms with van der Waals surface area (Å²) in [6.07, 6.45) is 0.934. The smallest absolute Gasteiger partial charge is 0.225 e. The molecule has 30 heavy (non-hydrogen) atoms. The molecule has 3 rings (SSSR count). The average Bonchev–Trinajstić information content (AvgIpc) is 3.29. The van der Waals surface area contributed by atoms with Gasteiger partial charge in [0.05, 0.1) is 11.4 Å². The van der Waals surface area contributed by atoms with E-state index in [4.69, 9.17) is 5.10 Å². The van der Waals surface area contributed by atoms with Crippen LogP contribution in [0.3, 0.4) is 0 Å². The van der Waals surface area contributed by atoms with Gasteiger partial charge in [0.2, 0.25) is 5.91 Å². The van der Waals surface area contributed by atoms with Crippen molar-refractivity contribution in [2.24, 2.45) is 10.9 Å². The number of hydrogen-bond donors (Lipinski definition) is 2. The molecule has 1 aromatic heterocycles. The Bertz CT molecular complexity index is 877. The Morgan fingerprint density at radius 3 is 2.60 bits per heavy atom. The van der Waals surface area contributed by atoms with Gasteiger partial charge in [-0.1, -0.05) is 32.0 Å². The SMILES string of the molecule is CN=C(NCc1c(C)nn(-c2ccccc2)c1C)NC1CCN(C(=O)C(C)C)C1.I. The largest absolute Gasteiger partial charge is 0.352 e. The highest BCUT2D eigenvalue weighted by Crippen LogP contribution is 2.18. The zero-order valence-electron chi connectivity index (χ0n) is 18.5. The molecule has 1 atom stereocenters. The molecule has 2 aromatic rings. The predicted molar refractivity (Wildman–Crippen MR) is 132 cm³/mol. The highest BCUT2D eigenvalue weighted by Gasteiger charge is 2.28. The molecule has 2 heterocycles. The highest BCUT2D eigenvalue weighted by molar-refractivity contribution is 14.0. The van der Waals surface area contributed by atoms with Gasteiger partial charge in [-0.25, -0.2) is 4.68 Å². The summed E-state index contributed by atoms with van der Waals surface area (Å²) in [5.74, 6) is 1.01. The van der Waals surface area contributed by atoms with Crippen molar-refractivity contribution in [3.8, 4) is 5.69 Å². The number of likely N-dealkylation sites (tertiary alicyclic amines) is 1. The van der Waals surface area contributed by atoms with Crippen molar-refractivity contribution in [1.29, 1.82) is 0 Å². The van der Waals surface area contributed by atoms with Gasteiger partial charge in [-0.05, 0) is 32.4 Å². The second-order valence-corrected chi connectivity index (χ2v) is 7.89. The Labute approximate surface area is 196 Å². The summed E-state index contributed by atoms with van der Waals surface area (Å²) < 4.78 is 1.98. The fraction of sp³-hybridized carbons (Fsp3) is 0.500. The third kappa shape index (κ3) is 5.53. The topological polar surface area (TPSA) is 74.6 Å². The van der Waals surface area contributed by atoms with Crippen molar-refractivity contribution in [2.45, 2.75) is 46.7 Å². The molecule has 1 fully saturated rings. The second kappa shape index (κ2) is 10.8. The van der Waals surface area contributed by atoms with Crippen LogP contribution in [0.1, 0.15) is 37.2 Å². The summed E-state index contributed by atoms with van der Waals surface area (Å²) in [6, 6.07) is 10.4. The number of nitrogens with zero attached hydrogens (tertiary/aromatic N) is 4. The van der Waals surface area contributed by atoms with Crippen molar-refractivity contribution < 1.29 is 4.79 Å². The molecule has 1 saturated heterocycles. The zero-order valence-corrected chi connectivity index (χ0v) is 20.8. The van der Waals surface area contributed by atoms with Crippen LogP contribution in [-0.4, -0.2) is 52.7 Å². The van der Waals surface area contributed by atoms with Crippen molar-refractivity contribution in [1.82, 2.24) is 25.3 Å². The number of carbonyl (C=O) groups excluding carboxylic acids is 1. The number of hydrogen-bond acceptors (Lipinski definition) is 3. The molecule has 8 heteroatoms. The van der Waals surface area contributed by atoms with Crippen LogP contribution >= 0.6 is 24.0 Å². The van der Waals surface area contributed by atoms with Crippen LogP contribution < -0.4 is 10.6 Å². The molecule has 0 aliphatic carbocycles. The summed E-state index contributed by atoms with van der Waals surface area (Å²) in [6.45, 7) is 10.2. The molecule has 164 valence electrons. The number of benzene rings is 1. The quantitative estimate of drug-likeness (QED) is 0.359. The molecule has 0 spiro atoms. The second-order valence-electron chi connectivity index (χ2n) is 7.89. The lowest BCUT2D eigenvalue weighted by atomic mass is 10.2. The lowest BCUT2D eigenvalue weighted by Gasteiger charge is -2.20. The minimum absolute atomic E-state index is 0. The van der Waals surface area contributed by atoms with E-state index in [0.717, 1.165) is 42.5 Å². The van der Waals surface area contributed by atoms with Gasteiger partial charge in [-0.2, -0.15) is 5.10 Å². The first kappa shape index (κ1) is 24.2. The number of para-hydroxylation sites is 1. The molecule has 1 aliphatic rings. The van der Waals surface area contributed by atoms with E-state index in [9.17, 15) is 4.79 Å². The first-order valence-electron chi connectivity index (χ1n) is 10.3. The maximum Gasteiger partial charge on any atom is 0.225 e. The number of aliphatic imine (C=N–C) groups is 1. The number of aromatic nitrogens is 2. The minimum Gasteiger partial charge on any atom is -0.352 e. The first-order valence-corrected chi connectivity index (χ1v) is 10.3. The van der Waals surface area contributed by atoms with Gasteiger partial charge < -0.3 is 15.5 Å². The standard InChI is InChI=1S/C22H32N6O.HI/c1-15(2)21(29)27-12-11-18(14-27)25-22(23-5)24-13-20-16(3)26-28(17(20)4)19-9-7-6-8-10-19;/h6-10,15,18H,11-14H2,1-5H3,(H2,23,24,25);1H. The van der Waals surface area contributed by atoms with E-state index < -0.39 is 0 Å². The molecule has 2 N–H and O–H groups in total. The van der Waals surface area contributed by atoms with Crippen LogP contribution in [0.4, 0.5) is 0 Å². The number of amides is 1. The summed E-state index contributed by atoms with van der Waals surface area (Å²) in [5.41, 5.74) is 4.35. The number of rotatable bonds is 5. The Morgan fingerprint density at radius 1 is 1.27 bits per heavy atom. The fourth-order valence-electron chi connectivity index (χ4n) is 3.75. The van der Waals surface area contributed by atoms with Gasteiger partial charge >= 0.3 is 0 Å². The Hall–Kier alpha value is -2.10. The molecule has 1 amide bonds. The van der Waals surface area contributed by atoms with Gasteiger partial charge in [0.1, 0.15) is 0 Å². The van der Waals surface area contributed by atoms with E-state index in [1.807, 2.05) is 48.6 Å². The maximum atomic E-state index is 12.2. The Kier molecular flexibility index (Phi) is 8.69. The molecule has 1 unspecified atom stereocenters. The third-order valence-electron chi connectivity index (χ3n) is 5.43. The number of carbonyl (C=O) groups is 1. The van der Waals surface area contributed by atoms with Gasteiger partial charge in [0.25, 0.3) is 0 Å². The van der Waals surface area contributed by atoms with Crippen molar-refractivity contribution in [3.63, 3.8) is 0 Å². The average molecular weight is 524 g/mol. The van der Waals surface area contributed by atoms with E-state index in [0.29, 0.717) is 6.54 Å². The van der Waals surface area contributed by atoms with Crippen LogP contribution in [0.25, 0.3) is 5.69 Å². The van der Waals surface area contributed by atoms with Gasteiger partial charge in [-0.3, -0.25) is 9.79 Å². The molecule has 1 aromatic carbocycles. The monoisotopic (exact) mass is 524 g/mol. The van der Waals surface area contributed by atoms with Crippen LogP contribution in [0, 0.1) is 19.8 Å². The van der Waals surface area contributed by atoms with E-state index in [2.05, 4.69) is 34.7 Å². The van der Waals surface area contributed by atoms with E-state index in [-0.39, 0.29) is 41.8 Å². The predicted octanol–water partition coefficient (Wildman–Crippen LogP) is 3.03. The molecule has 0 bridgehead atoms. The van der Waals surface area contributed by atoms with E-state index in [1.165, 1.54) is 5.56 Å². The number of guanidine groups is 1. The van der Waals surface area contributed by atoms with Crippen LogP contribution in [0.5, 0.6) is 0 Å². The first-order chi connectivity index (χ1) is 13.9. The maximum absolute atomic E-state index is 12.2. The van der Waals surface area contributed by atoms with Crippen LogP contribution in [-0.2, 0) is 11.3 Å². The van der Waals surface area contributed by atoms with Crippen molar-refractivity contribution >= 4 is 35.8 Å². The van der Waals surface area contributed by atoms with Crippen LogP contribution in [0.15, 0.2) is 35.3 Å². The fourth-order valence-corrected chi connectivity index (χ4v) is 3.75. The lowest BCUT2D eigenvalue weighted by Crippen LogP contribution is -2.45.